The van der Waals surface area contributed by atoms with Gasteiger partial charge in [0.2, 0.25) is 0 Å². The largest absolute Gasteiger partial charge is 0.378 e. The Bertz CT molecular complexity index is 385. The summed E-state index contributed by atoms with van der Waals surface area (Å²) in [5.41, 5.74) is 0.378. The number of ether oxygens (including phenoxy) is 1. The van der Waals surface area contributed by atoms with Gasteiger partial charge in [-0.25, -0.2) is 0 Å². The third kappa shape index (κ3) is 6.47. The van der Waals surface area contributed by atoms with E-state index in [0.29, 0.717) is 11.6 Å². The number of likely N-dealkylation sites (N-methyl/N-ethyl adjacent to an activating group) is 1. The van der Waals surface area contributed by atoms with Crippen LogP contribution in [-0.4, -0.2) is 85.8 Å². The van der Waals surface area contributed by atoms with Gasteiger partial charge in [0.25, 0.3) is 0 Å². The van der Waals surface area contributed by atoms with Gasteiger partial charge in [0, 0.05) is 37.8 Å². The number of piperidine rings is 1. The molecule has 2 aliphatic rings. The minimum Gasteiger partial charge on any atom is -0.378 e. The van der Waals surface area contributed by atoms with Crippen LogP contribution in [0.4, 0.5) is 0 Å². The van der Waals surface area contributed by atoms with Gasteiger partial charge in [-0.1, -0.05) is 13.3 Å². The molecule has 26 heavy (non-hydrogen) atoms. The maximum atomic E-state index is 5.80. The molecule has 1 aliphatic heterocycles. The van der Waals surface area contributed by atoms with Crippen molar-refractivity contribution in [2.24, 2.45) is 5.92 Å². The SMILES string of the molecule is CCCC(C)(C)N1CCC(CN(CCN(C)C)[C@H]2C[C@H](OCC)C2)CC1. The Balaban J connectivity index is 1.81. The van der Waals surface area contributed by atoms with Gasteiger partial charge in [0.1, 0.15) is 0 Å². The van der Waals surface area contributed by atoms with E-state index in [-0.39, 0.29) is 0 Å². The van der Waals surface area contributed by atoms with Crippen molar-refractivity contribution >= 4 is 0 Å². The third-order valence-electron chi connectivity index (χ3n) is 6.65. The van der Waals surface area contributed by atoms with Crippen LogP contribution in [0.1, 0.15) is 66.2 Å². The predicted molar refractivity (Wildman–Crippen MR) is 112 cm³/mol. The maximum Gasteiger partial charge on any atom is 0.0604 e. The van der Waals surface area contributed by atoms with Gasteiger partial charge in [0.05, 0.1) is 6.10 Å². The highest BCUT2D eigenvalue weighted by atomic mass is 16.5. The molecule has 4 nitrogen and oxygen atoms in total. The lowest BCUT2D eigenvalue weighted by molar-refractivity contribution is -0.0537. The standard InChI is InChI=1S/C22H45N3O/c1-7-11-22(3,4)25-12-9-19(10-13-25)18-24(15-14-23(5)6)20-16-21(17-20)26-8-2/h19-21H,7-18H2,1-6H3/t20-,21-. The minimum absolute atomic E-state index is 0.378. The van der Waals surface area contributed by atoms with Crippen molar-refractivity contribution in [3.63, 3.8) is 0 Å². The highest BCUT2D eigenvalue weighted by Crippen LogP contribution is 2.32. The molecule has 1 aliphatic carbocycles. The number of rotatable bonds is 11. The second-order valence-electron chi connectivity index (χ2n) is 9.49. The van der Waals surface area contributed by atoms with Crippen LogP contribution in [0.5, 0.6) is 0 Å². The quantitative estimate of drug-likeness (QED) is 0.554. The zero-order chi connectivity index (χ0) is 19.2. The van der Waals surface area contributed by atoms with Gasteiger partial charge in [-0.3, -0.25) is 9.80 Å². The predicted octanol–water partition coefficient (Wildman–Crippen LogP) is 3.71. The van der Waals surface area contributed by atoms with Crippen molar-refractivity contribution in [2.45, 2.75) is 83.9 Å². The Labute approximate surface area is 163 Å². The Morgan fingerprint density at radius 3 is 2.23 bits per heavy atom. The zero-order valence-electron chi connectivity index (χ0n) is 18.5. The molecule has 0 atom stereocenters. The lowest BCUT2D eigenvalue weighted by atomic mass is 9.85. The van der Waals surface area contributed by atoms with Gasteiger partial charge < -0.3 is 9.64 Å². The molecule has 0 amide bonds. The summed E-state index contributed by atoms with van der Waals surface area (Å²) in [6, 6.07) is 0.751. The van der Waals surface area contributed by atoms with Crippen molar-refractivity contribution in [1.29, 1.82) is 0 Å². The van der Waals surface area contributed by atoms with Crippen molar-refractivity contribution < 1.29 is 4.74 Å². The molecule has 0 bridgehead atoms. The van der Waals surface area contributed by atoms with E-state index >= 15 is 0 Å². The average Bonchev–Trinajstić information content (AvgIpc) is 2.55. The number of likely N-dealkylation sites (tertiary alicyclic amines) is 1. The van der Waals surface area contributed by atoms with Gasteiger partial charge in [-0.05, 0) is 86.0 Å². The first kappa shape index (κ1) is 22.1. The number of hydrogen-bond donors (Lipinski definition) is 0. The second-order valence-corrected chi connectivity index (χ2v) is 9.49. The number of hydrogen-bond acceptors (Lipinski definition) is 4. The van der Waals surface area contributed by atoms with E-state index < -0.39 is 0 Å². The molecule has 4 heteroatoms. The monoisotopic (exact) mass is 367 g/mol. The summed E-state index contributed by atoms with van der Waals surface area (Å²) in [5.74, 6) is 0.872. The van der Waals surface area contributed by atoms with E-state index in [1.807, 2.05) is 0 Å². The van der Waals surface area contributed by atoms with Crippen LogP contribution in [0.15, 0.2) is 0 Å². The van der Waals surface area contributed by atoms with E-state index in [4.69, 9.17) is 4.74 Å². The molecular weight excluding hydrogens is 322 g/mol. The van der Waals surface area contributed by atoms with E-state index in [1.165, 1.54) is 64.7 Å². The molecule has 2 rings (SSSR count). The summed E-state index contributed by atoms with van der Waals surface area (Å²) < 4.78 is 5.80. The zero-order valence-corrected chi connectivity index (χ0v) is 18.5. The summed E-state index contributed by atoms with van der Waals surface area (Å²) >= 11 is 0. The van der Waals surface area contributed by atoms with Crippen LogP contribution in [0.3, 0.4) is 0 Å². The maximum absolute atomic E-state index is 5.80. The molecule has 154 valence electrons. The summed E-state index contributed by atoms with van der Waals surface area (Å²) in [7, 11) is 4.38. The summed E-state index contributed by atoms with van der Waals surface area (Å²) in [5, 5.41) is 0. The highest BCUT2D eigenvalue weighted by molar-refractivity contribution is 4.91. The Morgan fingerprint density at radius 1 is 1.04 bits per heavy atom. The smallest absolute Gasteiger partial charge is 0.0604 e. The third-order valence-corrected chi connectivity index (χ3v) is 6.65. The Kier molecular flexibility index (Phi) is 8.85. The van der Waals surface area contributed by atoms with Crippen LogP contribution in [0.2, 0.25) is 0 Å². The van der Waals surface area contributed by atoms with E-state index in [9.17, 15) is 0 Å². The van der Waals surface area contributed by atoms with E-state index in [1.54, 1.807) is 0 Å². The van der Waals surface area contributed by atoms with Gasteiger partial charge in [-0.2, -0.15) is 0 Å². The topological polar surface area (TPSA) is 19.0 Å². The number of nitrogens with zero attached hydrogens (tertiary/aromatic N) is 3. The highest BCUT2D eigenvalue weighted by Gasteiger charge is 2.36. The van der Waals surface area contributed by atoms with E-state index in [0.717, 1.165) is 25.1 Å². The summed E-state index contributed by atoms with van der Waals surface area (Å²) in [4.78, 5) is 7.85. The molecule has 0 N–H and O–H groups in total. The first-order valence-electron chi connectivity index (χ1n) is 11.1. The Hall–Kier alpha value is -0.160. The van der Waals surface area contributed by atoms with Crippen molar-refractivity contribution in [3.8, 4) is 0 Å². The van der Waals surface area contributed by atoms with Crippen LogP contribution in [-0.2, 0) is 4.74 Å². The summed E-state index contributed by atoms with van der Waals surface area (Å²) in [6.07, 6.45) is 8.33. The molecule has 0 spiro atoms. The summed E-state index contributed by atoms with van der Waals surface area (Å²) in [6.45, 7) is 16.4. The van der Waals surface area contributed by atoms with Crippen molar-refractivity contribution in [2.75, 3.05) is 53.4 Å². The van der Waals surface area contributed by atoms with Crippen LogP contribution in [0.25, 0.3) is 0 Å². The van der Waals surface area contributed by atoms with Crippen molar-refractivity contribution in [3.05, 3.63) is 0 Å². The lowest BCUT2D eigenvalue weighted by Crippen LogP contribution is -2.53. The molecule has 0 aromatic rings. The van der Waals surface area contributed by atoms with Gasteiger partial charge in [-0.15, -0.1) is 0 Å². The molecule has 0 radical (unpaired) electrons. The molecule has 1 heterocycles. The first-order valence-corrected chi connectivity index (χ1v) is 11.1. The fourth-order valence-corrected chi connectivity index (χ4v) is 4.78. The van der Waals surface area contributed by atoms with Crippen LogP contribution < -0.4 is 0 Å². The molecule has 2 fully saturated rings. The fraction of sp³-hybridized carbons (Fsp3) is 1.00. The van der Waals surface area contributed by atoms with Crippen molar-refractivity contribution in [1.82, 2.24) is 14.7 Å². The van der Waals surface area contributed by atoms with Gasteiger partial charge >= 0.3 is 0 Å². The average molecular weight is 368 g/mol. The second kappa shape index (κ2) is 10.4. The molecule has 0 aromatic heterocycles. The lowest BCUT2D eigenvalue weighted by Gasteiger charge is -2.47. The molecular formula is C22H45N3O. The Morgan fingerprint density at radius 2 is 1.69 bits per heavy atom. The molecule has 0 aromatic carbocycles. The normalized spacial score (nSPS) is 25.8. The van der Waals surface area contributed by atoms with E-state index in [2.05, 4.69) is 56.5 Å². The van der Waals surface area contributed by atoms with Crippen LogP contribution >= 0.6 is 0 Å². The molecule has 1 saturated carbocycles. The first-order chi connectivity index (χ1) is 12.4. The minimum atomic E-state index is 0.378. The fourth-order valence-electron chi connectivity index (χ4n) is 4.78. The van der Waals surface area contributed by atoms with Gasteiger partial charge in [0.15, 0.2) is 0 Å². The molecule has 0 unspecified atom stereocenters. The van der Waals surface area contributed by atoms with Crippen LogP contribution in [0, 0.1) is 5.92 Å². The molecule has 1 saturated heterocycles.